The molecule has 4 aromatic rings. The van der Waals surface area contributed by atoms with Crippen LogP contribution < -0.4 is 29.6 Å². The van der Waals surface area contributed by atoms with Crippen molar-refractivity contribution in [1.29, 1.82) is 0 Å². The number of carboxylic acid groups (broad SMARTS) is 1. The summed E-state index contributed by atoms with van der Waals surface area (Å²) in [6.07, 6.45) is 3.76. The molecule has 2 aliphatic rings. The summed E-state index contributed by atoms with van der Waals surface area (Å²) in [4.78, 5) is 36.6. The molecular weight excluding hydrogens is 721 g/mol. The van der Waals surface area contributed by atoms with Gasteiger partial charge in [-0.25, -0.2) is 4.79 Å². The van der Waals surface area contributed by atoms with Crippen molar-refractivity contribution in [2.24, 2.45) is 0 Å². The molecule has 4 aromatic carbocycles. The normalized spacial score (nSPS) is 14.5. The van der Waals surface area contributed by atoms with Crippen LogP contribution in [0.25, 0.3) is 23.3 Å². The molecule has 0 radical (unpaired) electrons. The summed E-state index contributed by atoms with van der Waals surface area (Å²) in [5, 5.41) is 15.0. The number of benzene rings is 4. The van der Waals surface area contributed by atoms with E-state index in [9.17, 15) is 19.5 Å². The molecule has 2 heterocycles. The van der Waals surface area contributed by atoms with Gasteiger partial charge in [0.15, 0.2) is 11.5 Å². The Morgan fingerprint density at radius 3 is 1.30 bits per heavy atom. The molecule has 2 amide bonds. The van der Waals surface area contributed by atoms with Gasteiger partial charge in [-0.05, 0) is 118 Å². The average molecular weight is 775 g/mol. The quantitative estimate of drug-likeness (QED) is 0.128. The van der Waals surface area contributed by atoms with Crippen LogP contribution in [-0.2, 0) is 9.59 Å². The van der Waals surface area contributed by atoms with Gasteiger partial charge in [0.05, 0.1) is 39.7 Å². The molecule has 0 saturated heterocycles. The highest BCUT2D eigenvalue weighted by atomic mass is 16.5. The van der Waals surface area contributed by atoms with Crippen LogP contribution >= 0.6 is 0 Å². The lowest BCUT2D eigenvalue weighted by atomic mass is 9.90. The monoisotopic (exact) mass is 774 g/mol. The fourth-order valence-electron chi connectivity index (χ4n) is 7.21. The van der Waals surface area contributed by atoms with Crippen molar-refractivity contribution in [3.05, 3.63) is 105 Å². The first-order valence-corrected chi connectivity index (χ1v) is 19.2. The lowest BCUT2D eigenvalue weighted by Gasteiger charge is -2.19. The van der Waals surface area contributed by atoms with Crippen LogP contribution in [0.3, 0.4) is 0 Å². The third kappa shape index (κ3) is 8.70. The van der Waals surface area contributed by atoms with Gasteiger partial charge in [-0.3, -0.25) is 9.59 Å². The number of methoxy groups -OCH3 is 4. The number of nitrogens with one attached hydrogen (secondary N) is 2. The van der Waals surface area contributed by atoms with Crippen LogP contribution in [-0.4, -0.2) is 51.3 Å². The third-order valence-electron chi connectivity index (χ3n) is 10.2. The molecule has 10 nitrogen and oxygen atoms in total. The first kappa shape index (κ1) is 42.1. The predicted octanol–water partition coefficient (Wildman–Crippen LogP) is 10.6. The van der Waals surface area contributed by atoms with E-state index in [1.165, 1.54) is 12.1 Å². The van der Waals surface area contributed by atoms with Gasteiger partial charge in [0.25, 0.3) is 11.8 Å². The molecule has 57 heavy (non-hydrogen) atoms. The molecule has 0 saturated carbocycles. The number of anilines is 2. The van der Waals surface area contributed by atoms with E-state index in [1.54, 1.807) is 40.6 Å². The summed E-state index contributed by atoms with van der Waals surface area (Å²) in [5.74, 6) is 2.73. The Morgan fingerprint density at radius 2 is 0.930 bits per heavy atom. The van der Waals surface area contributed by atoms with Gasteiger partial charge < -0.3 is 34.7 Å². The largest absolute Gasteiger partial charge is 0.496 e. The molecule has 0 aromatic heterocycles. The number of carboxylic acids is 1. The molecule has 0 aliphatic carbocycles. The Morgan fingerprint density at radius 1 is 0.544 bits per heavy atom. The zero-order valence-electron chi connectivity index (χ0n) is 35.0. The molecular formula is C47H54N2O8. The van der Waals surface area contributed by atoms with E-state index in [-0.39, 0.29) is 29.2 Å². The lowest BCUT2D eigenvalue weighted by Crippen LogP contribution is -2.04. The van der Waals surface area contributed by atoms with Crippen LogP contribution in [0.4, 0.5) is 11.4 Å². The predicted molar refractivity (Wildman–Crippen MR) is 228 cm³/mol. The molecule has 3 N–H and O–H groups in total. The van der Waals surface area contributed by atoms with Crippen LogP contribution in [0.5, 0.6) is 23.0 Å². The van der Waals surface area contributed by atoms with Crippen molar-refractivity contribution >= 4 is 52.5 Å². The minimum absolute atomic E-state index is 0.136. The van der Waals surface area contributed by atoms with Crippen LogP contribution in [0.15, 0.2) is 54.6 Å². The smallest absolute Gasteiger partial charge is 0.335 e. The van der Waals surface area contributed by atoms with Gasteiger partial charge in [-0.2, -0.15) is 0 Å². The molecule has 300 valence electrons. The number of rotatable bonds is 11. The van der Waals surface area contributed by atoms with E-state index >= 15 is 0 Å². The molecule has 0 fully saturated rings. The minimum atomic E-state index is -1.02. The Kier molecular flexibility index (Phi) is 12.9. The van der Waals surface area contributed by atoms with Crippen molar-refractivity contribution in [3.8, 4) is 23.0 Å². The van der Waals surface area contributed by atoms with Gasteiger partial charge >= 0.3 is 5.97 Å². The maximum Gasteiger partial charge on any atom is 0.335 e. The summed E-state index contributed by atoms with van der Waals surface area (Å²) in [6, 6.07) is 16.6. The molecule has 0 bridgehead atoms. The zero-order chi connectivity index (χ0) is 41.9. The van der Waals surface area contributed by atoms with Gasteiger partial charge in [0.1, 0.15) is 11.5 Å². The highest BCUT2D eigenvalue weighted by Gasteiger charge is 2.28. The van der Waals surface area contributed by atoms with Crippen molar-refractivity contribution in [2.45, 2.75) is 79.1 Å². The topological polar surface area (TPSA) is 132 Å². The third-order valence-corrected chi connectivity index (χ3v) is 10.2. The van der Waals surface area contributed by atoms with E-state index in [0.717, 1.165) is 56.1 Å². The second kappa shape index (κ2) is 17.4. The molecule has 0 spiro atoms. The fourth-order valence-corrected chi connectivity index (χ4v) is 7.21. The number of amides is 2. The molecule has 6 rings (SSSR count). The number of hydrogen-bond donors (Lipinski definition) is 3. The number of ether oxygens (including phenoxy) is 4. The first-order valence-electron chi connectivity index (χ1n) is 19.2. The highest BCUT2D eigenvalue weighted by molar-refractivity contribution is 6.36. The van der Waals surface area contributed by atoms with Crippen LogP contribution in [0.2, 0.25) is 0 Å². The van der Waals surface area contributed by atoms with Crippen LogP contribution in [0.1, 0.15) is 134 Å². The zero-order valence-corrected chi connectivity index (χ0v) is 35.0. The average Bonchev–Trinajstić information content (AvgIpc) is 3.65. The number of aromatic carboxylic acids is 1. The number of carbonyl (C=O) groups is 3. The second-order valence-electron chi connectivity index (χ2n) is 15.4. The summed E-state index contributed by atoms with van der Waals surface area (Å²) < 4.78 is 22.2. The Hall–Kier alpha value is -6.03. The fraction of sp³-hybridized carbons (Fsp3) is 0.340. The number of carbonyl (C=O) groups excluding carboxylic acids is 2. The summed E-state index contributed by atoms with van der Waals surface area (Å²) in [6.45, 7) is 17.0. The van der Waals surface area contributed by atoms with E-state index in [1.807, 2.05) is 30.4 Å². The molecule has 2 aliphatic heterocycles. The Balaban J connectivity index is 0.000000218. The molecule has 10 heteroatoms. The molecule has 0 atom stereocenters. The second-order valence-corrected chi connectivity index (χ2v) is 15.4. The van der Waals surface area contributed by atoms with Crippen molar-refractivity contribution in [2.75, 3.05) is 39.1 Å². The maximum absolute atomic E-state index is 12.7. The lowest BCUT2D eigenvalue weighted by molar-refractivity contribution is -0.111. The van der Waals surface area contributed by atoms with Crippen molar-refractivity contribution < 1.29 is 38.4 Å². The van der Waals surface area contributed by atoms with E-state index in [4.69, 9.17) is 18.9 Å². The summed E-state index contributed by atoms with van der Waals surface area (Å²) in [5.41, 5.74) is 10.3. The Labute approximate surface area is 335 Å². The standard InChI is InChI=1S/C24H29NO4.C23H25NO4/c1-13(2)16-8-15(9-17(14(3)4)23(16)29-7)10-19-18-11-21(27-5)22(28-6)12-20(18)25-24(19)26;1-12(2)16-8-14(9-17(13(3)4)21(16)28-5)10-19-18-11-15(23(26)27)6-7-20(18)24-22(19)25/h8-14H,1-7H3,(H,25,26);6-13H,1-5H3,(H,24,25)(H,26,27). The molecule has 0 unspecified atom stereocenters. The minimum Gasteiger partial charge on any atom is -0.496 e. The first-order chi connectivity index (χ1) is 27.0. The number of fused-ring (bicyclic) bond motifs is 2. The van der Waals surface area contributed by atoms with Gasteiger partial charge in [-0.1, -0.05) is 55.4 Å². The number of hydrogen-bond acceptors (Lipinski definition) is 7. The van der Waals surface area contributed by atoms with E-state index in [0.29, 0.717) is 45.7 Å². The van der Waals surface area contributed by atoms with E-state index in [2.05, 4.69) is 78.2 Å². The van der Waals surface area contributed by atoms with Crippen molar-refractivity contribution in [1.82, 2.24) is 0 Å². The van der Waals surface area contributed by atoms with Gasteiger partial charge in [-0.15, -0.1) is 0 Å². The van der Waals surface area contributed by atoms with Crippen LogP contribution in [0, 0.1) is 0 Å². The van der Waals surface area contributed by atoms with E-state index < -0.39 is 5.97 Å². The van der Waals surface area contributed by atoms with Gasteiger partial charge in [0, 0.05) is 34.0 Å². The summed E-state index contributed by atoms with van der Waals surface area (Å²) in [7, 11) is 6.56. The van der Waals surface area contributed by atoms with Gasteiger partial charge in [0.2, 0.25) is 0 Å². The maximum atomic E-state index is 12.7. The van der Waals surface area contributed by atoms with Crippen molar-refractivity contribution in [3.63, 3.8) is 0 Å². The highest BCUT2D eigenvalue weighted by Crippen LogP contribution is 2.43. The summed E-state index contributed by atoms with van der Waals surface area (Å²) >= 11 is 0. The SMILES string of the molecule is COc1c(C(C)C)cc(C=C2C(=O)Nc3ccc(C(=O)O)cc32)cc1C(C)C.COc1cc2c(cc1OC)C(=Cc1cc(C(C)C)c(OC)c(C(C)C)c1)C(=O)N2. The Bertz CT molecular complexity index is 2220.